The highest BCUT2D eigenvalue weighted by atomic mass is 16.6. The largest absolute Gasteiger partial charge is 0.488 e. The summed E-state index contributed by atoms with van der Waals surface area (Å²) >= 11 is 0. The van der Waals surface area contributed by atoms with Gasteiger partial charge in [0.15, 0.2) is 0 Å². The number of ether oxygens (including phenoxy) is 2. The average Bonchev–Trinajstić information content (AvgIpc) is 2.86. The van der Waals surface area contributed by atoms with Crippen LogP contribution in [0.3, 0.4) is 0 Å². The number of hydrogen-bond acceptors (Lipinski definition) is 6. The molecule has 8 heteroatoms. The standard InChI is InChI=1S/C26H24N2O6/c1-17-12-21(22(28(31)32)14-24(17)34-16-18-8-4-3-5-9-18)25(29)27-15-20-11-7-6-10-19(20)13-23(27)26(30)33-2/h3-12,14,23H,13,15-16H2,1-2H3. The molecule has 8 nitrogen and oxygen atoms in total. The molecular weight excluding hydrogens is 436 g/mol. The molecule has 0 bridgehead atoms. The van der Waals surface area contributed by atoms with Crippen LogP contribution in [0.1, 0.15) is 32.6 Å². The number of amides is 1. The van der Waals surface area contributed by atoms with Gasteiger partial charge in [-0.05, 0) is 35.2 Å². The number of carbonyl (C=O) groups excluding carboxylic acids is 2. The zero-order chi connectivity index (χ0) is 24.2. The first-order chi connectivity index (χ1) is 16.4. The molecule has 0 fully saturated rings. The van der Waals surface area contributed by atoms with Gasteiger partial charge in [-0.15, -0.1) is 0 Å². The maximum atomic E-state index is 13.6. The Kier molecular flexibility index (Phi) is 6.58. The number of benzene rings is 3. The van der Waals surface area contributed by atoms with Gasteiger partial charge >= 0.3 is 5.97 Å². The minimum atomic E-state index is -0.874. The van der Waals surface area contributed by atoms with Crippen LogP contribution in [0.2, 0.25) is 0 Å². The Morgan fingerprint density at radius 3 is 2.41 bits per heavy atom. The second-order valence-corrected chi connectivity index (χ2v) is 8.11. The summed E-state index contributed by atoms with van der Waals surface area (Å²) in [5.41, 5.74) is 2.86. The smallest absolute Gasteiger partial charge is 0.328 e. The van der Waals surface area contributed by atoms with Crippen molar-refractivity contribution in [3.05, 3.63) is 105 Å². The molecular formula is C26H24N2O6. The Bertz CT molecular complexity index is 1240. The molecule has 1 aliphatic rings. The summed E-state index contributed by atoms with van der Waals surface area (Å²) in [6, 6.07) is 18.8. The minimum Gasteiger partial charge on any atom is -0.488 e. The zero-order valence-corrected chi connectivity index (χ0v) is 18.9. The van der Waals surface area contributed by atoms with Crippen LogP contribution >= 0.6 is 0 Å². The van der Waals surface area contributed by atoms with Crippen LogP contribution in [0.25, 0.3) is 0 Å². The summed E-state index contributed by atoms with van der Waals surface area (Å²) in [5.74, 6) is -0.847. The zero-order valence-electron chi connectivity index (χ0n) is 18.9. The van der Waals surface area contributed by atoms with Crippen molar-refractivity contribution in [1.29, 1.82) is 0 Å². The number of aryl methyl sites for hydroxylation is 1. The van der Waals surface area contributed by atoms with E-state index in [9.17, 15) is 19.7 Å². The van der Waals surface area contributed by atoms with E-state index in [-0.39, 0.29) is 30.8 Å². The van der Waals surface area contributed by atoms with Gasteiger partial charge < -0.3 is 14.4 Å². The van der Waals surface area contributed by atoms with Crippen molar-refractivity contribution in [2.45, 2.75) is 32.5 Å². The number of esters is 1. The SMILES string of the molecule is COC(=O)C1Cc2ccccc2CN1C(=O)c1cc(C)c(OCc2ccccc2)cc1[N+](=O)[O-]. The molecule has 34 heavy (non-hydrogen) atoms. The van der Waals surface area contributed by atoms with E-state index in [1.54, 1.807) is 6.92 Å². The van der Waals surface area contributed by atoms with Crippen LogP contribution in [0.15, 0.2) is 66.7 Å². The normalized spacial score (nSPS) is 14.8. The monoisotopic (exact) mass is 460 g/mol. The molecule has 1 atom stereocenters. The van der Waals surface area contributed by atoms with Crippen LogP contribution in [0.4, 0.5) is 5.69 Å². The molecule has 4 rings (SSSR count). The van der Waals surface area contributed by atoms with Gasteiger partial charge in [-0.2, -0.15) is 0 Å². The van der Waals surface area contributed by atoms with E-state index in [1.165, 1.54) is 24.1 Å². The van der Waals surface area contributed by atoms with Crippen molar-refractivity contribution in [3.8, 4) is 5.75 Å². The van der Waals surface area contributed by atoms with Gasteiger partial charge in [-0.25, -0.2) is 4.79 Å². The highest BCUT2D eigenvalue weighted by Crippen LogP contribution is 2.33. The van der Waals surface area contributed by atoms with Crippen LogP contribution in [-0.4, -0.2) is 34.9 Å². The quantitative estimate of drug-likeness (QED) is 0.310. The van der Waals surface area contributed by atoms with Crippen molar-refractivity contribution >= 4 is 17.6 Å². The van der Waals surface area contributed by atoms with Gasteiger partial charge in [-0.3, -0.25) is 14.9 Å². The van der Waals surface area contributed by atoms with Gasteiger partial charge in [0, 0.05) is 13.0 Å². The molecule has 1 heterocycles. The molecule has 1 amide bonds. The van der Waals surface area contributed by atoms with Crippen molar-refractivity contribution in [3.63, 3.8) is 0 Å². The molecule has 3 aromatic rings. The van der Waals surface area contributed by atoms with E-state index >= 15 is 0 Å². The fraction of sp³-hybridized carbons (Fsp3) is 0.231. The Morgan fingerprint density at radius 1 is 1.06 bits per heavy atom. The summed E-state index contributed by atoms with van der Waals surface area (Å²) in [5, 5.41) is 11.9. The fourth-order valence-electron chi connectivity index (χ4n) is 4.13. The van der Waals surface area contributed by atoms with Crippen molar-refractivity contribution in [2.24, 2.45) is 0 Å². The molecule has 174 valence electrons. The third-order valence-corrected chi connectivity index (χ3v) is 5.94. The number of fused-ring (bicyclic) bond motifs is 1. The van der Waals surface area contributed by atoms with Gasteiger partial charge in [-0.1, -0.05) is 54.6 Å². The minimum absolute atomic E-state index is 0.0946. The van der Waals surface area contributed by atoms with Gasteiger partial charge in [0.05, 0.1) is 18.1 Å². The summed E-state index contributed by atoms with van der Waals surface area (Å²) in [7, 11) is 1.26. The molecule has 1 aliphatic heterocycles. The van der Waals surface area contributed by atoms with Crippen LogP contribution in [-0.2, 0) is 29.1 Å². The summed E-state index contributed by atoms with van der Waals surface area (Å²) < 4.78 is 10.7. The summed E-state index contributed by atoms with van der Waals surface area (Å²) in [6.45, 7) is 2.11. The van der Waals surface area contributed by atoms with Gasteiger partial charge in [0.2, 0.25) is 0 Å². The van der Waals surface area contributed by atoms with E-state index < -0.39 is 22.8 Å². The van der Waals surface area contributed by atoms with Crippen LogP contribution < -0.4 is 4.74 Å². The van der Waals surface area contributed by atoms with Crippen molar-refractivity contribution < 1.29 is 24.0 Å². The number of carbonyl (C=O) groups is 2. The Balaban J connectivity index is 1.68. The van der Waals surface area contributed by atoms with Crippen molar-refractivity contribution in [2.75, 3.05) is 7.11 Å². The molecule has 1 unspecified atom stereocenters. The Labute approximate surface area is 196 Å². The molecule has 0 radical (unpaired) electrons. The third kappa shape index (κ3) is 4.61. The summed E-state index contributed by atoms with van der Waals surface area (Å²) in [4.78, 5) is 38.7. The Morgan fingerprint density at radius 2 is 1.74 bits per heavy atom. The Hall–Kier alpha value is -4.20. The van der Waals surface area contributed by atoms with Crippen LogP contribution in [0.5, 0.6) is 5.75 Å². The number of rotatable bonds is 6. The first kappa shape index (κ1) is 23.0. The van der Waals surface area contributed by atoms with E-state index in [0.717, 1.165) is 16.7 Å². The van der Waals surface area contributed by atoms with Gasteiger partial charge in [0.25, 0.3) is 11.6 Å². The maximum absolute atomic E-state index is 13.6. The third-order valence-electron chi connectivity index (χ3n) is 5.94. The molecule has 3 aromatic carbocycles. The predicted octanol–water partition coefficient (Wildman–Crippen LogP) is 4.22. The second kappa shape index (κ2) is 9.74. The molecule has 0 spiro atoms. The molecule has 0 saturated carbocycles. The highest BCUT2D eigenvalue weighted by Gasteiger charge is 2.38. The number of nitro groups is 1. The highest BCUT2D eigenvalue weighted by molar-refractivity contribution is 6.01. The molecule has 0 aromatic heterocycles. The molecule has 0 N–H and O–H groups in total. The van der Waals surface area contributed by atoms with E-state index in [1.807, 2.05) is 54.6 Å². The summed E-state index contributed by atoms with van der Waals surface area (Å²) in [6.07, 6.45) is 0.277. The van der Waals surface area contributed by atoms with E-state index in [2.05, 4.69) is 0 Å². The molecule has 0 aliphatic carbocycles. The average molecular weight is 460 g/mol. The topological polar surface area (TPSA) is 99.0 Å². The first-order valence-electron chi connectivity index (χ1n) is 10.8. The van der Waals surface area contributed by atoms with Gasteiger partial charge in [0.1, 0.15) is 24.0 Å². The number of hydrogen-bond donors (Lipinski definition) is 0. The molecule has 0 saturated heterocycles. The lowest BCUT2D eigenvalue weighted by Gasteiger charge is -2.35. The van der Waals surface area contributed by atoms with E-state index in [4.69, 9.17) is 9.47 Å². The maximum Gasteiger partial charge on any atom is 0.328 e. The first-order valence-corrected chi connectivity index (χ1v) is 10.8. The lowest BCUT2D eigenvalue weighted by Crippen LogP contribution is -2.49. The lowest BCUT2D eigenvalue weighted by molar-refractivity contribution is -0.385. The van der Waals surface area contributed by atoms with Crippen LogP contribution in [0, 0.1) is 17.0 Å². The van der Waals surface area contributed by atoms with Crippen molar-refractivity contribution in [1.82, 2.24) is 4.90 Å². The number of nitrogens with zero attached hydrogens (tertiary/aromatic N) is 2. The predicted molar refractivity (Wildman–Crippen MR) is 124 cm³/mol. The lowest BCUT2D eigenvalue weighted by atomic mass is 9.93. The number of methoxy groups -OCH3 is 1. The number of nitro benzene ring substituents is 1. The fourth-order valence-corrected chi connectivity index (χ4v) is 4.13. The second-order valence-electron chi connectivity index (χ2n) is 8.11. The van der Waals surface area contributed by atoms with E-state index in [0.29, 0.717) is 11.3 Å².